The minimum absolute atomic E-state index is 0.0770. The Labute approximate surface area is 95.5 Å². The van der Waals surface area contributed by atoms with Crippen molar-refractivity contribution in [3.05, 3.63) is 0 Å². The van der Waals surface area contributed by atoms with Crippen molar-refractivity contribution in [3.63, 3.8) is 0 Å². The van der Waals surface area contributed by atoms with Crippen LogP contribution in [0.4, 0.5) is 0 Å². The van der Waals surface area contributed by atoms with Crippen LogP contribution in [0.25, 0.3) is 0 Å². The van der Waals surface area contributed by atoms with Crippen LogP contribution in [0.15, 0.2) is 0 Å². The number of carbonyl (C=O) groups is 1. The Morgan fingerprint density at radius 3 is 2.87 bits per heavy atom. The second-order valence-corrected chi connectivity index (χ2v) is 5.06. The molecule has 2 atom stereocenters. The zero-order chi connectivity index (χ0) is 10.7. The third-order valence-electron chi connectivity index (χ3n) is 3.06. The lowest BCUT2D eigenvalue weighted by Gasteiger charge is -2.12. The first-order valence-corrected chi connectivity index (χ1v) is 6.21. The van der Waals surface area contributed by atoms with E-state index in [-0.39, 0.29) is 17.4 Å². The molecule has 86 valence electrons. The van der Waals surface area contributed by atoms with E-state index < -0.39 is 0 Å². The predicted molar refractivity (Wildman–Crippen MR) is 59.0 cm³/mol. The fraction of sp³-hybridized carbons (Fsp3) is 0.909. The molecule has 1 aliphatic carbocycles. The molecule has 1 N–H and O–H groups in total. The highest BCUT2D eigenvalue weighted by atomic mass is 35.5. The van der Waals surface area contributed by atoms with Crippen LogP contribution in [0.1, 0.15) is 32.1 Å². The van der Waals surface area contributed by atoms with Crippen molar-refractivity contribution in [2.45, 2.75) is 43.6 Å². The molecule has 1 saturated heterocycles. The Bertz CT molecular complexity index is 225. The topological polar surface area (TPSA) is 38.3 Å². The van der Waals surface area contributed by atoms with E-state index in [2.05, 4.69) is 5.32 Å². The molecule has 1 saturated carbocycles. The maximum Gasteiger partial charge on any atom is 0.222 e. The number of carbonyl (C=O) groups excluding carboxylic acids is 1. The minimum atomic E-state index is 0.0770. The molecule has 0 aromatic heterocycles. The number of alkyl halides is 1. The van der Waals surface area contributed by atoms with Crippen LogP contribution in [-0.2, 0) is 9.53 Å². The molecule has 4 heteroatoms. The van der Waals surface area contributed by atoms with Crippen LogP contribution in [0.3, 0.4) is 0 Å². The summed E-state index contributed by atoms with van der Waals surface area (Å²) >= 11 is 6.09. The van der Waals surface area contributed by atoms with Crippen LogP contribution in [-0.4, -0.2) is 30.5 Å². The molecule has 2 rings (SSSR count). The summed E-state index contributed by atoms with van der Waals surface area (Å²) < 4.78 is 5.40. The molecule has 0 spiro atoms. The standard InChI is InChI=1S/C11H18ClNO2/c12-10(8-3-4-8)7-13-11(14)6-9-2-1-5-15-9/h8-10H,1-7H2,(H,13,14). The molecule has 1 aliphatic heterocycles. The van der Waals surface area contributed by atoms with Gasteiger partial charge in [-0.25, -0.2) is 0 Å². The number of ether oxygens (including phenoxy) is 1. The summed E-state index contributed by atoms with van der Waals surface area (Å²) in [5, 5.41) is 3.00. The highest BCUT2D eigenvalue weighted by molar-refractivity contribution is 6.21. The number of rotatable bonds is 5. The molecule has 2 fully saturated rings. The first kappa shape index (κ1) is 11.2. The molecule has 0 bridgehead atoms. The maximum absolute atomic E-state index is 11.5. The van der Waals surface area contributed by atoms with E-state index >= 15 is 0 Å². The number of nitrogens with one attached hydrogen (secondary N) is 1. The van der Waals surface area contributed by atoms with Crippen molar-refractivity contribution in [2.24, 2.45) is 5.92 Å². The van der Waals surface area contributed by atoms with Crippen LogP contribution >= 0.6 is 11.6 Å². The summed E-state index contributed by atoms with van der Waals surface area (Å²) in [6, 6.07) is 0. The van der Waals surface area contributed by atoms with E-state index in [1.54, 1.807) is 0 Å². The van der Waals surface area contributed by atoms with Crippen molar-refractivity contribution in [1.82, 2.24) is 5.32 Å². The molecule has 2 aliphatic rings. The zero-order valence-electron chi connectivity index (χ0n) is 8.88. The third-order valence-corrected chi connectivity index (χ3v) is 3.58. The first-order valence-electron chi connectivity index (χ1n) is 5.78. The number of hydrogen-bond donors (Lipinski definition) is 1. The number of amides is 1. The predicted octanol–water partition coefficient (Wildman–Crippen LogP) is 1.69. The van der Waals surface area contributed by atoms with E-state index in [1.165, 1.54) is 12.8 Å². The second kappa shape index (κ2) is 5.17. The fourth-order valence-corrected chi connectivity index (χ4v) is 2.25. The van der Waals surface area contributed by atoms with Crippen LogP contribution in [0, 0.1) is 5.92 Å². The Balaban J connectivity index is 1.59. The molecule has 1 amide bonds. The quantitative estimate of drug-likeness (QED) is 0.732. The molecule has 15 heavy (non-hydrogen) atoms. The number of halogens is 1. The summed E-state index contributed by atoms with van der Waals surface area (Å²) in [5.74, 6) is 0.711. The molecule has 2 unspecified atom stereocenters. The summed E-state index contributed by atoms with van der Waals surface area (Å²) in [6.07, 6.45) is 5.16. The molecular formula is C11H18ClNO2. The van der Waals surface area contributed by atoms with Crippen molar-refractivity contribution >= 4 is 17.5 Å². The largest absolute Gasteiger partial charge is 0.378 e. The van der Waals surface area contributed by atoms with Gasteiger partial charge >= 0.3 is 0 Å². The van der Waals surface area contributed by atoms with E-state index in [4.69, 9.17) is 16.3 Å². The smallest absolute Gasteiger partial charge is 0.222 e. The zero-order valence-corrected chi connectivity index (χ0v) is 9.63. The van der Waals surface area contributed by atoms with Gasteiger partial charge in [-0.05, 0) is 31.6 Å². The summed E-state index contributed by atoms with van der Waals surface area (Å²) in [5.41, 5.74) is 0. The molecule has 1 heterocycles. The Morgan fingerprint density at radius 2 is 2.27 bits per heavy atom. The van der Waals surface area contributed by atoms with Gasteiger partial charge < -0.3 is 10.1 Å². The SMILES string of the molecule is O=C(CC1CCCO1)NCC(Cl)C1CC1. The van der Waals surface area contributed by atoms with E-state index in [0.717, 1.165) is 19.4 Å². The summed E-state index contributed by atoms with van der Waals surface area (Å²) in [7, 11) is 0. The Kier molecular flexibility index (Phi) is 3.87. The summed E-state index contributed by atoms with van der Waals surface area (Å²) in [4.78, 5) is 11.5. The molecule has 0 aromatic carbocycles. The van der Waals surface area contributed by atoms with Crippen molar-refractivity contribution in [3.8, 4) is 0 Å². The van der Waals surface area contributed by atoms with Gasteiger partial charge in [0.05, 0.1) is 17.9 Å². The maximum atomic E-state index is 11.5. The van der Waals surface area contributed by atoms with Crippen LogP contribution in [0.2, 0.25) is 0 Å². The van der Waals surface area contributed by atoms with Gasteiger partial charge in [-0.3, -0.25) is 4.79 Å². The van der Waals surface area contributed by atoms with Gasteiger partial charge in [0.2, 0.25) is 5.91 Å². The van der Waals surface area contributed by atoms with Crippen LogP contribution < -0.4 is 5.32 Å². The highest BCUT2D eigenvalue weighted by Crippen LogP contribution is 2.35. The van der Waals surface area contributed by atoms with Gasteiger partial charge in [-0.15, -0.1) is 11.6 Å². The number of hydrogen-bond acceptors (Lipinski definition) is 2. The van der Waals surface area contributed by atoms with Gasteiger partial charge in [-0.2, -0.15) is 0 Å². The lowest BCUT2D eigenvalue weighted by Crippen LogP contribution is -2.32. The molecule has 3 nitrogen and oxygen atoms in total. The third kappa shape index (κ3) is 3.65. The second-order valence-electron chi connectivity index (χ2n) is 4.50. The van der Waals surface area contributed by atoms with E-state index in [1.807, 2.05) is 0 Å². The van der Waals surface area contributed by atoms with Crippen molar-refractivity contribution < 1.29 is 9.53 Å². The van der Waals surface area contributed by atoms with Gasteiger partial charge in [0.15, 0.2) is 0 Å². The van der Waals surface area contributed by atoms with Gasteiger partial charge in [0, 0.05) is 13.2 Å². The van der Waals surface area contributed by atoms with Crippen molar-refractivity contribution in [1.29, 1.82) is 0 Å². The average molecular weight is 232 g/mol. The van der Waals surface area contributed by atoms with Gasteiger partial charge in [0.25, 0.3) is 0 Å². The first-order chi connectivity index (χ1) is 7.25. The lowest BCUT2D eigenvalue weighted by atomic mass is 10.2. The average Bonchev–Trinajstić information content (AvgIpc) is 2.95. The lowest BCUT2D eigenvalue weighted by molar-refractivity contribution is -0.123. The molecule has 0 aromatic rings. The monoisotopic (exact) mass is 231 g/mol. The Hall–Kier alpha value is -0.280. The van der Waals surface area contributed by atoms with Gasteiger partial charge in [-0.1, -0.05) is 0 Å². The highest BCUT2D eigenvalue weighted by Gasteiger charge is 2.30. The van der Waals surface area contributed by atoms with Crippen molar-refractivity contribution in [2.75, 3.05) is 13.2 Å². The normalized spacial score (nSPS) is 27.7. The van der Waals surface area contributed by atoms with E-state index in [0.29, 0.717) is 18.9 Å². The fourth-order valence-electron chi connectivity index (χ4n) is 1.92. The Morgan fingerprint density at radius 1 is 1.47 bits per heavy atom. The van der Waals surface area contributed by atoms with E-state index in [9.17, 15) is 4.79 Å². The summed E-state index contributed by atoms with van der Waals surface area (Å²) in [6.45, 7) is 1.41. The van der Waals surface area contributed by atoms with Crippen LogP contribution in [0.5, 0.6) is 0 Å². The minimum Gasteiger partial charge on any atom is -0.378 e. The van der Waals surface area contributed by atoms with Gasteiger partial charge in [0.1, 0.15) is 0 Å². The molecular weight excluding hydrogens is 214 g/mol. The molecule has 0 radical (unpaired) electrons.